The van der Waals surface area contributed by atoms with Crippen LogP contribution in [-0.2, 0) is 4.79 Å². The number of halogens is 1. The monoisotopic (exact) mass is 318 g/mol. The Hall–Kier alpha value is -2.63. The van der Waals surface area contributed by atoms with Gasteiger partial charge in [0.2, 0.25) is 5.91 Å². The number of hydrogen-bond donors (Lipinski definition) is 2. The standard InChI is InChI=1S/C17H19FN2O3/c1-10(2)15(20-16(21)14-5-4-8-23-14)17(22)19-13-9-12(18)7-6-11(13)3/h4-10,15H,1-3H3,(H,19,22)(H,20,21). The molecule has 2 amide bonds. The second kappa shape index (κ2) is 7.09. The highest BCUT2D eigenvalue weighted by atomic mass is 19.1. The minimum Gasteiger partial charge on any atom is -0.459 e. The molecule has 1 heterocycles. The van der Waals surface area contributed by atoms with Crippen LogP contribution >= 0.6 is 0 Å². The quantitative estimate of drug-likeness (QED) is 0.890. The van der Waals surface area contributed by atoms with E-state index >= 15 is 0 Å². The molecular formula is C17H19FN2O3. The lowest BCUT2D eigenvalue weighted by Crippen LogP contribution is -2.47. The highest BCUT2D eigenvalue weighted by molar-refractivity contribution is 6.00. The molecule has 1 aromatic heterocycles. The van der Waals surface area contributed by atoms with Gasteiger partial charge in [0.15, 0.2) is 5.76 Å². The van der Waals surface area contributed by atoms with Crippen molar-refractivity contribution in [3.8, 4) is 0 Å². The van der Waals surface area contributed by atoms with Crippen LogP contribution in [0.5, 0.6) is 0 Å². The Bertz CT molecular complexity index is 696. The molecule has 122 valence electrons. The maximum absolute atomic E-state index is 13.3. The summed E-state index contributed by atoms with van der Waals surface area (Å²) >= 11 is 0. The lowest BCUT2D eigenvalue weighted by molar-refractivity contribution is -0.118. The van der Waals surface area contributed by atoms with E-state index in [0.29, 0.717) is 5.69 Å². The summed E-state index contributed by atoms with van der Waals surface area (Å²) in [5.74, 6) is -1.34. The fraction of sp³-hybridized carbons (Fsp3) is 0.294. The molecule has 2 N–H and O–H groups in total. The van der Waals surface area contributed by atoms with Gasteiger partial charge in [0.1, 0.15) is 11.9 Å². The largest absolute Gasteiger partial charge is 0.459 e. The summed E-state index contributed by atoms with van der Waals surface area (Å²) < 4.78 is 18.3. The minimum atomic E-state index is -0.768. The van der Waals surface area contributed by atoms with Crippen molar-refractivity contribution in [2.45, 2.75) is 26.8 Å². The van der Waals surface area contributed by atoms with Crippen LogP contribution < -0.4 is 10.6 Å². The topological polar surface area (TPSA) is 71.3 Å². The molecule has 1 unspecified atom stereocenters. The van der Waals surface area contributed by atoms with E-state index in [-0.39, 0.29) is 11.7 Å². The fourth-order valence-electron chi connectivity index (χ4n) is 2.09. The van der Waals surface area contributed by atoms with Crippen molar-refractivity contribution < 1.29 is 18.4 Å². The Balaban J connectivity index is 2.12. The first-order chi connectivity index (χ1) is 10.9. The number of carbonyl (C=O) groups excluding carboxylic acids is 2. The third-order valence-corrected chi connectivity index (χ3v) is 3.44. The van der Waals surface area contributed by atoms with Crippen molar-refractivity contribution in [3.63, 3.8) is 0 Å². The summed E-state index contributed by atoms with van der Waals surface area (Å²) in [6, 6.07) is 6.49. The van der Waals surface area contributed by atoms with E-state index < -0.39 is 23.7 Å². The van der Waals surface area contributed by atoms with Gasteiger partial charge in [-0.1, -0.05) is 19.9 Å². The highest BCUT2D eigenvalue weighted by Crippen LogP contribution is 2.17. The van der Waals surface area contributed by atoms with Crippen LogP contribution in [0.1, 0.15) is 30.0 Å². The highest BCUT2D eigenvalue weighted by Gasteiger charge is 2.26. The van der Waals surface area contributed by atoms with Gasteiger partial charge in [-0.05, 0) is 42.7 Å². The number of hydrogen-bond acceptors (Lipinski definition) is 3. The van der Waals surface area contributed by atoms with Crippen LogP contribution in [0.3, 0.4) is 0 Å². The maximum atomic E-state index is 13.3. The maximum Gasteiger partial charge on any atom is 0.287 e. The third-order valence-electron chi connectivity index (χ3n) is 3.44. The molecule has 0 spiro atoms. The Morgan fingerprint density at radius 2 is 1.96 bits per heavy atom. The molecule has 0 saturated carbocycles. The Labute approximate surface area is 133 Å². The molecule has 0 aliphatic carbocycles. The lowest BCUT2D eigenvalue weighted by atomic mass is 10.0. The number of anilines is 1. The van der Waals surface area contributed by atoms with Crippen molar-refractivity contribution in [1.29, 1.82) is 0 Å². The van der Waals surface area contributed by atoms with E-state index in [1.54, 1.807) is 19.1 Å². The fourth-order valence-corrected chi connectivity index (χ4v) is 2.09. The zero-order valence-corrected chi connectivity index (χ0v) is 13.2. The predicted octanol–water partition coefficient (Wildman–Crippen LogP) is 3.12. The number of benzene rings is 1. The average molecular weight is 318 g/mol. The number of aryl methyl sites for hydroxylation is 1. The van der Waals surface area contributed by atoms with Crippen LogP contribution in [-0.4, -0.2) is 17.9 Å². The summed E-state index contributed by atoms with van der Waals surface area (Å²) in [6.07, 6.45) is 1.38. The van der Waals surface area contributed by atoms with Crippen molar-refractivity contribution in [2.75, 3.05) is 5.32 Å². The van der Waals surface area contributed by atoms with Gasteiger partial charge in [0.05, 0.1) is 6.26 Å². The van der Waals surface area contributed by atoms with Gasteiger partial charge >= 0.3 is 0 Å². The van der Waals surface area contributed by atoms with Gasteiger partial charge in [-0.25, -0.2) is 4.39 Å². The molecule has 0 fully saturated rings. The van der Waals surface area contributed by atoms with Crippen LogP contribution in [0, 0.1) is 18.7 Å². The minimum absolute atomic E-state index is 0.130. The van der Waals surface area contributed by atoms with Crippen LogP contribution in [0.2, 0.25) is 0 Å². The molecule has 2 rings (SSSR count). The molecule has 1 atom stereocenters. The second-order valence-corrected chi connectivity index (χ2v) is 5.62. The van der Waals surface area contributed by atoms with Crippen molar-refractivity contribution >= 4 is 17.5 Å². The lowest BCUT2D eigenvalue weighted by Gasteiger charge is -2.21. The molecule has 6 heteroatoms. The average Bonchev–Trinajstić information content (AvgIpc) is 3.02. The molecule has 0 aliphatic rings. The van der Waals surface area contributed by atoms with Gasteiger partial charge in [-0.2, -0.15) is 0 Å². The van der Waals surface area contributed by atoms with Gasteiger partial charge in [0.25, 0.3) is 5.91 Å². The van der Waals surface area contributed by atoms with Crippen molar-refractivity contribution in [1.82, 2.24) is 5.32 Å². The Kier molecular flexibility index (Phi) is 5.16. The number of rotatable bonds is 5. The van der Waals surface area contributed by atoms with Crippen LogP contribution in [0.15, 0.2) is 41.0 Å². The molecule has 5 nitrogen and oxygen atoms in total. The second-order valence-electron chi connectivity index (χ2n) is 5.62. The first kappa shape index (κ1) is 16.7. The van der Waals surface area contributed by atoms with E-state index in [2.05, 4.69) is 10.6 Å². The summed E-state index contributed by atoms with van der Waals surface area (Å²) in [4.78, 5) is 24.5. The summed E-state index contributed by atoms with van der Waals surface area (Å²) in [5, 5.41) is 5.29. The van der Waals surface area contributed by atoms with Gasteiger partial charge in [-0.3, -0.25) is 9.59 Å². The number of amides is 2. The first-order valence-corrected chi connectivity index (χ1v) is 7.30. The Morgan fingerprint density at radius 3 is 2.57 bits per heavy atom. The molecule has 23 heavy (non-hydrogen) atoms. The van der Waals surface area contributed by atoms with E-state index in [0.717, 1.165) is 5.56 Å². The molecule has 0 radical (unpaired) electrons. The van der Waals surface area contributed by atoms with Gasteiger partial charge in [-0.15, -0.1) is 0 Å². The number of nitrogens with one attached hydrogen (secondary N) is 2. The molecule has 0 bridgehead atoms. The molecule has 0 aliphatic heterocycles. The summed E-state index contributed by atoms with van der Waals surface area (Å²) in [6.45, 7) is 5.39. The van der Waals surface area contributed by atoms with Crippen LogP contribution in [0.25, 0.3) is 0 Å². The number of furan rings is 1. The van der Waals surface area contributed by atoms with E-state index in [1.165, 1.54) is 24.5 Å². The zero-order chi connectivity index (χ0) is 17.0. The van der Waals surface area contributed by atoms with E-state index in [1.807, 2.05) is 13.8 Å². The normalized spacial score (nSPS) is 12.0. The molecule has 0 saturated heterocycles. The van der Waals surface area contributed by atoms with E-state index in [4.69, 9.17) is 4.42 Å². The van der Waals surface area contributed by atoms with Gasteiger partial charge in [0, 0.05) is 5.69 Å². The molecule has 2 aromatic rings. The predicted molar refractivity (Wildman–Crippen MR) is 84.6 cm³/mol. The molecule has 1 aromatic carbocycles. The third kappa shape index (κ3) is 4.18. The first-order valence-electron chi connectivity index (χ1n) is 7.30. The smallest absolute Gasteiger partial charge is 0.287 e. The van der Waals surface area contributed by atoms with E-state index in [9.17, 15) is 14.0 Å². The Morgan fingerprint density at radius 1 is 1.22 bits per heavy atom. The van der Waals surface area contributed by atoms with Crippen molar-refractivity contribution in [2.24, 2.45) is 5.92 Å². The zero-order valence-electron chi connectivity index (χ0n) is 13.2. The van der Waals surface area contributed by atoms with Crippen LogP contribution in [0.4, 0.5) is 10.1 Å². The van der Waals surface area contributed by atoms with Crippen molar-refractivity contribution in [3.05, 3.63) is 53.7 Å². The summed E-state index contributed by atoms with van der Waals surface area (Å²) in [5.41, 5.74) is 1.12. The SMILES string of the molecule is Cc1ccc(F)cc1NC(=O)C(NC(=O)c1ccco1)C(C)C. The number of carbonyl (C=O) groups is 2. The summed E-state index contributed by atoms with van der Waals surface area (Å²) in [7, 11) is 0. The molecular weight excluding hydrogens is 299 g/mol. The van der Waals surface area contributed by atoms with Gasteiger partial charge < -0.3 is 15.1 Å².